The Labute approximate surface area is 213 Å². The Hall–Kier alpha value is -3.86. The topological polar surface area (TPSA) is 67.2 Å². The molecule has 4 aromatic rings. The van der Waals surface area contributed by atoms with Gasteiger partial charge in [0.25, 0.3) is 0 Å². The standard InChI is InChI=1S/C31H35N3O2/c1-30(2,3)25-17-22(18-26(31(4,5)6)24(25)19-29(35)36)32-28-20-27(21-13-9-7-10-14-21)33-34(28)23-15-11-8-12-16-23/h7-18,20,32H,19H2,1-6H3,(H,35,36). The fraction of sp³-hybridized carbons (Fsp3) is 0.290. The summed E-state index contributed by atoms with van der Waals surface area (Å²) in [6.45, 7) is 12.8. The first kappa shape index (κ1) is 25.2. The maximum absolute atomic E-state index is 11.8. The lowest BCUT2D eigenvalue weighted by Crippen LogP contribution is -2.23. The van der Waals surface area contributed by atoms with Gasteiger partial charge in [-0.15, -0.1) is 0 Å². The van der Waals surface area contributed by atoms with Gasteiger partial charge in [0, 0.05) is 17.3 Å². The second-order valence-electron chi connectivity index (χ2n) is 11.3. The van der Waals surface area contributed by atoms with E-state index in [1.165, 1.54) is 0 Å². The van der Waals surface area contributed by atoms with Crippen LogP contribution >= 0.6 is 0 Å². The number of benzene rings is 3. The number of nitrogens with one attached hydrogen (secondary N) is 1. The van der Waals surface area contributed by atoms with E-state index in [0.29, 0.717) is 0 Å². The summed E-state index contributed by atoms with van der Waals surface area (Å²) in [5, 5.41) is 18.2. The maximum Gasteiger partial charge on any atom is 0.307 e. The normalized spacial score (nSPS) is 11.9. The van der Waals surface area contributed by atoms with E-state index in [-0.39, 0.29) is 17.3 Å². The predicted octanol–water partition coefficient (Wildman–Crippen LogP) is 7.51. The molecule has 0 aliphatic carbocycles. The number of hydrogen-bond donors (Lipinski definition) is 2. The van der Waals surface area contributed by atoms with Crippen LogP contribution in [0, 0.1) is 0 Å². The van der Waals surface area contributed by atoms with Crippen molar-refractivity contribution in [2.24, 2.45) is 0 Å². The number of rotatable bonds is 6. The van der Waals surface area contributed by atoms with Crippen LogP contribution in [-0.4, -0.2) is 20.9 Å². The number of carboxylic acid groups (broad SMARTS) is 1. The molecule has 5 nitrogen and oxygen atoms in total. The van der Waals surface area contributed by atoms with Crippen molar-refractivity contribution in [3.8, 4) is 16.9 Å². The lowest BCUT2D eigenvalue weighted by Gasteiger charge is -2.31. The van der Waals surface area contributed by atoms with Crippen LogP contribution < -0.4 is 5.32 Å². The van der Waals surface area contributed by atoms with Crippen LogP contribution in [-0.2, 0) is 22.0 Å². The van der Waals surface area contributed by atoms with Crippen molar-refractivity contribution in [3.05, 3.63) is 95.6 Å². The molecule has 0 saturated heterocycles. The van der Waals surface area contributed by atoms with E-state index < -0.39 is 5.97 Å². The molecule has 0 atom stereocenters. The molecule has 1 aromatic heterocycles. The van der Waals surface area contributed by atoms with Crippen molar-refractivity contribution in [2.75, 3.05) is 5.32 Å². The van der Waals surface area contributed by atoms with Crippen LogP contribution in [0.2, 0.25) is 0 Å². The van der Waals surface area contributed by atoms with E-state index in [4.69, 9.17) is 5.10 Å². The van der Waals surface area contributed by atoms with Crippen molar-refractivity contribution >= 4 is 17.5 Å². The molecule has 36 heavy (non-hydrogen) atoms. The molecule has 0 aliphatic heterocycles. The van der Waals surface area contributed by atoms with Crippen LogP contribution in [0.25, 0.3) is 16.9 Å². The molecule has 0 bridgehead atoms. The third-order valence-electron chi connectivity index (χ3n) is 6.25. The van der Waals surface area contributed by atoms with E-state index in [9.17, 15) is 9.90 Å². The minimum atomic E-state index is -0.818. The highest BCUT2D eigenvalue weighted by atomic mass is 16.4. The predicted molar refractivity (Wildman–Crippen MR) is 147 cm³/mol. The first-order chi connectivity index (χ1) is 16.9. The van der Waals surface area contributed by atoms with E-state index >= 15 is 0 Å². The number of aromatic nitrogens is 2. The molecular formula is C31H35N3O2. The summed E-state index contributed by atoms with van der Waals surface area (Å²) in [4.78, 5) is 11.8. The zero-order chi connectivity index (χ0) is 26.1. The third-order valence-corrected chi connectivity index (χ3v) is 6.25. The van der Waals surface area contributed by atoms with E-state index in [1.54, 1.807) is 0 Å². The van der Waals surface area contributed by atoms with Crippen molar-refractivity contribution in [3.63, 3.8) is 0 Å². The minimum Gasteiger partial charge on any atom is -0.481 e. The number of para-hydroxylation sites is 1. The summed E-state index contributed by atoms with van der Waals surface area (Å²) in [6.07, 6.45) is -0.000407. The largest absolute Gasteiger partial charge is 0.481 e. The highest BCUT2D eigenvalue weighted by molar-refractivity contribution is 5.74. The monoisotopic (exact) mass is 481 g/mol. The Balaban J connectivity index is 1.89. The lowest BCUT2D eigenvalue weighted by molar-refractivity contribution is -0.136. The molecule has 186 valence electrons. The zero-order valence-electron chi connectivity index (χ0n) is 22.0. The van der Waals surface area contributed by atoms with Gasteiger partial charge in [-0.3, -0.25) is 4.79 Å². The molecule has 3 aromatic carbocycles. The summed E-state index contributed by atoms with van der Waals surface area (Å²) in [7, 11) is 0. The van der Waals surface area contributed by atoms with Gasteiger partial charge in [-0.05, 0) is 51.8 Å². The van der Waals surface area contributed by atoms with Crippen LogP contribution in [0.4, 0.5) is 11.5 Å². The number of nitrogens with zero attached hydrogens (tertiary/aromatic N) is 2. The van der Waals surface area contributed by atoms with Crippen LogP contribution in [0.15, 0.2) is 78.9 Å². The summed E-state index contributed by atoms with van der Waals surface area (Å²) < 4.78 is 1.92. The van der Waals surface area contributed by atoms with Gasteiger partial charge >= 0.3 is 5.97 Å². The van der Waals surface area contributed by atoms with Crippen molar-refractivity contribution < 1.29 is 9.90 Å². The Kier molecular flexibility index (Phi) is 6.77. The fourth-order valence-corrected chi connectivity index (χ4v) is 4.56. The van der Waals surface area contributed by atoms with Crippen LogP contribution in [0.5, 0.6) is 0 Å². The summed E-state index contributed by atoms with van der Waals surface area (Å²) in [6, 6.07) is 26.4. The van der Waals surface area contributed by atoms with Gasteiger partial charge in [-0.1, -0.05) is 90.1 Å². The Morgan fingerprint density at radius 1 is 0.833 bits per heavy atom. The second kappa shape index (κ2) is 9.65. The number of anilines is 2. The van der Waals surface area contributed by atoms with Crippen LogP contribution in [0.1, 0.15) is 58.2 Å². The highest BCUT2D eigenvalue weighted by Crippen LogP contribution is 2.38. The quantitative estimate of drug-likeness (QED) is 0.299. The minimum absolute atomic E-state index is 0.000407. The lowest BCUT2D eigenvalue weighted by atomic mass is 9.75. The molecule has 0 amide bonds. The number of aliphatic carboxylic acids is 1. The van der Waals surface area contributed by atoms with Crippen LogP contribution in [0.3, 0.4) is 0 Å². The zero-order valence-corrected chi connectivity index (χ0v) is 22.0. The van der Waals surface area contributed by atoms with Crippen molar-refractivity contribution in [1.29, 1.82) is 0 Å². The second-order valence-corrected chi connectivity index (χ2v) is 11.3. The molecule has 0 unspecified atom stereocenters. The van der Waals surface area contributed by atoms with E-state index in [0.717, 1.165) is 45.1 Å². The van der Waals surface area contributed by atoms with Crippen molar-refractivity contribution in [1.82, 2.24) is 9.78 Å². The number of carboxylic acids is 1. The molecular weight excluding hydrogens is 446 g/mol. The Morgan fingerprint density at radius 2 is 1.36 bits per heavy atom. The Bertz CT molecular complexity index is 1320. The summed E-state index contributed by atoms with van der Waals surface area (Å²) >= 11 is 0. The smallest absolute Gasteiger partial charge is 0.307 e. The van der Waals surface area contributed by atoms with Gasteiger partial charge in [-0.25, -0.2) is 4.68 Å². The maximum atomic E-state index is 11.8. The molecule has 0 spiro atoms. The fourth-order valence-electron chi connectivity index (χ4n) is 4.56. The van der Waals surface area contributed by atoms with Gasteiger partial charge in [-0.2, -0.15) is 5.10 Å². The van der Waals surface area contributed by atoms with Gasteiger partial charge < -0.3 is 10.4 Å². The average molecular weight is 482 g/mol. The van der Waals surface area contributed by atoms with E-state index in [2.05, 4.69) is 77.2 Å². The molecule has 5 heteroatoms. The number of hydrogen-bond acceptors (Lipinski definition) is 3. The molecule has 0 aliphatic rings. The van der Waals surface area contributed by atoms with Gasteiger partial charge in [0.05, 0.1) is 17.8 Å². The van der Waals surface area contributed by atoms with Crippen molar-refractivity contribution in [2.45, 2.75) is 58.8 Å². The molecule has 0 fully saturated rings. The Morgan fingerprint density at radius 3 is 1.86 bits per heavy atom. The first-order valence-corrected chi connectivity index (χ1v) is 12.3. The van der Waals surface area contributed by atoms with Gasteiger partial charge in [0.1, 0.15) is 5.82 Å². The van der Waals surface area contributed by atoms with Gasteiger partial charge in [0.2, 0.25) is 0 Å². The summed E-state index contributed by atoms with van der Waals surface area (Å²) in [5.41, 5.74) is 6.30. The van der Waals surface area contributed by atoms with Gasteiger partial charge in [0.15, 0.2) is 0 Å². The molecule has 2 N–H and O–H groups in total. The molecule has 0 saturated carbocycles. The first-order valence-electron chi connectivity index (χ1n) is 12.3. The molecule has 0 radical (unpaired) electrons. The number of carbonyl (C=O) groups is 1. The SMILES string of the molecule is CC(C)(C)c1cc(Nc2cc(-c3ccccc3)nn2-c2ccccc2)cc(C(C)(C)C)c1CC(=O)O. The highest BCUT2D eigenvalue weighted by Gasteiger charge is 2.28. The molecule has 4 rings (SSSR count). The van der Waals surface area contributed by atoms with E-state index in [1.807, 2.05) is 53.2 Å². The third kappa shape index (κ3) is 5.51. The average Bonchev–Trinajstić information content (AvgIpc) is 3.23. The molecule has 1 heterocycles. The summed E-state index contributed by atoms with van der Waals surface area (Å²) in [5.74, 6) is 0.0205.